The first-order valence-electron chi connectivity index (χ1n) is 9.56. The van der Waals surface area contributed by atoms with Crippen LogP contribution in [0.3, 0.4) is 0 Å². The number of rotatable bonds is 3. The Morgan fingerprint density at radius 3 is 2.59 bits per heavy atom. The van der Waals surface area contributed by atoms with Crippen molar-refractivity contribution in [2.45, 2.75) is 64.5 Å². The van der Waals surface area contributed by atoms with Crippen molar-refractivity contribution in [2.24, 2.45) is 0 Å². The molecule has 0 saturated heterocycles. The van der Waals surface area contributed by atoms with Gasteiger partial charge in [-0.2, -0.15) is 5.10 Å². The molecular weight excluding hydrogens is 338 g/mol. The van der Waals surface area contributed by atoms with Gasteiger partial charge in [-0.05, 0) is 25.3 Å². The average Bonchev–Trinajstić information content (AvgIpc) is 3.29. The lowest BCUT2D eigenvalue weighted by atomic mass is 9.85. The van der Waals surface area contributed by atoms with Gasteiger partial charge in [0.25, 0.3) is 5.89 Å². The molecule has 2 aromatic heterocycles. The highest BCUT2D eigenvalue weighted by molar-refractivity contribution is 5.70. The number of hydrogen-bond donors (Lipinski definition) is 1. The third-order valence-corrected chi connectivity index (χ3v) is 5.50. The minimum atomic E-state index is -0.184. The Labute approximate surface area is 160 Å². The van der Waals surface area contributed by atoms with Crippen molar-refractivity contribution in [2.75, 3.05) is 5.32 Å². The van der Waals surface area contributed by atoms with Gasteiger partial charge in [0.05, 0.1) is 17.8 Å². The maximum absolute atomic E-state index is 5.99. The van der Waals surface area contributed by atoms with Crippen LogP contribution in [0.5, 0.6) is 0 Å². The second kappa shape index (κ2) is 6.22. The fourth-order valence-corrected chi connectivity index (χ4v) is 3.61. The molecule has 6 heteroatoms. The Kier molecular flexibility index (Phi) is 4.09. The quantitative estimate of drug-likeness (QED) is 0.714. The van der Waals surface area contributed by atoms with Crippen LogP contribution in [-0.4, -0.2) is 20.0 Å². The summed E-state index contributed by atoms with van der Waals surface area (Å²) in [7, 11) is 0. The third kappa shape index (κ3) is 3.03. The van der Waals surface area contributed by atoms with Gasteiger partial charge in [-0.15, -0.1) is 10.2 Å². The number of anilines is 1. The maximum Gasteiger partial charge on any atom is 0.253 e. The van der Waals surface area contributed by atoms with Crippen LogP contribution in [0, 0.1) is 0 Å². The van der Waals surface area contributed by atoms with Crippen molar-refractivity contribution in [3.63, 3.8) is 0 Å². The molecule has 1 N–H and O–H groups in total. The predicted octanol–water partition coefficient (Wildman–Crippen LogP) is 4.91. The van der Waals surface area contributed by atoms with E-state index in [-0.39, 0.29) is 17.0 Å². The van der Waals surface area contributed by atoms with E-state index in [9.17, 15) is 0 Å². The van der Waals surface area contributed by atoms with Gasteiger partial charge in [-0.3, -0.25) is 0 Å². The summed E-state index contributed by atoms with van der Waals surface area (Å²) in [5, 5.41) is 16.9. The summed E-state index contributed by atoms with van der Waals surface area (Å²) in [5.41, 5.74) is 1.87. The standard InChI is InChI=1S/C21H27N5O/c1-6-21(5)12-16(14-10-8-7-9-11-14)23-17-15(13-22-26(17)21)18-24-25-19(27-18)20(2,3)4/h7-11,13,16,23H,6,12H2,1-5H3. The van der Waals surface area contributed by atoms with E-state index in [1.54, 1.807) is 0 Å². The molecule has 0 fully saturated rings. The predicted molar refractivity (Wildman–Crippen MR) is 106 cm³/mol. The van der Waals surface area contributed by atoms with Gasteiger partial charge in [0.1, 0.15) is 11.4 Å². The monoisotopic (exact) mass is 365 g/mol. The van der Waals surface area contributed by atoms with E-state index in [2.05, 4.69) is 84.2 Å². The molecule has 2 unspecified atom stereocenters. The topological polar surface area (TPSA) is 68.8 Å². The number of aromatic nitrogens is 4. The fraction of sp³-hybridized carbons (Fsp3) is 0.476. The largest absolute Gasteiger partial charge is 0.420 e. The molecule has 1 aliphatic rings. The summed E-state index contributed by atoms with van der Waals surface area (Å²) in [6.07, 6.45) is 3.80. The van der Waals surface area contributed by atoms with Gasteiger partial charge in [-0.25, -0.2) is 4.68 Å². The van der Waals surface area contributed by atoms with Crippen LogP contribution in [0.4, 0.5) is 5.82 Å². The van der Waals surface area contributed by atoms with E-state index >= 15 is 0 Å². The van der Waals surface area contributed by atoms with Crippen LogP contribution in [0.25, 0.3) is 11.5 Å². The molecule has 0 spiro atoms. The summed E-state index contributed by atoms with van der Waals surface area (Å²) in [4.78, 5) is 0. The lowest BCUT2D eigenvalue weighted by Crippen LogP contribution is -2.39. The van der Waals surface area contributed by atoms with Crippen molar-refractivity contribution < 1.29 is 4.42 Å². The molecule has 1 aliphatic heterocycles. The highest BCUT2D eigenvalue weighted by atomic mass is 16.4. The van der Waals surface area contributed by atoms with Crippen LogP contribution < -0.4 is 5.32 Å². The van der Waals surface area contributed by atoms with Crippen molar-refractivity contribution in [1.82, 2.24) is 20.0 Å². The number of benzene rings is 1. The van der Waals surface area contributed by atoms with Gasteiger partial charge < -0.3 is 9.73 Å². The number of hydrogen-bond acceptors (Lipinski definition) is 5. The Balaban J connectivity index is 1.78. The van der Waals surface area contributed by atoms with E-state index in [0.717, 1.165) is 24.2 Å². The molecule has 142 valence electrons. The van der Waals surface area contributed by atoms with E-state index in [1.807, 2.05) is 12.3 Å². The smallest absolute Gasteiger partial charge is 0.253 e. The first kappa shape index (κ1) is 17.8. The molecule has 0 bridgehead atoms. The van der Waals surface area contributed by atoms with Crippen molar-refractivity contribution in [3.8, 4) is 11.5 Å². The van der Waals surface area contributed by atoms with E-state index in [0.29, 0.717) is 11.8 Å². The van der Waals surface area contributed by atoms with Crippen LogP contribution in [0.2, 0.25) is 0 Å². The lowest BCUT2D eigenvalue weighted by Gasteiger charge is -2.40. The van der Waals surface area contributed by atoms with Crippen LogP contribution in [-0.2, 0) is 11.0 Å². The van der Waals surface area contributed by atoms with Crippen molar-refractivity contribution in [3.05, 3.63) is 48.0 Å². The highest BCUT2D eigenvalue weighted by Crippen LogP contribution is 2.44. The van der Waals surface area contributed by atoms with E-state index in [1.165, 1.54) is 5.56 Å². The van der Waals surface area contributed by atoms with E-state index in [4.69, 9.17) is 4.42 Å². The van der Waals surface area contributed by atoms with Crippen LogP contribution in [0.15, 0.2) is 40.9 Å². The molecule has 3 aromatic rings. The van der Waals surface area contributed by atoms with Crippen LogP contribution >= 0.6 is 0 Å². The Morgan fingerprint density at radius 2 is 1.96 bits per heavy atom. The molecule has 1 aromatic carbocycles. The fourth-order valence-electron chi connectivity index (χ4n) is 3.61. The normalized spacial score (nSPS) is 22.3. The minimum Gasteiger partial charge on any atom is -0.420 e. The molecule has 3 heterocycles. The van der Waals surface area contributed by atoms with Gasteiger partial charge in [0, 0.05) is 5.41 Å². The Morgan fingerprint density at radius 1 is 1.22 bits per heavy atom. The van der Waals surface area contributed by atoms with Crippen molar-refractivity contribution >= 4 is 5.82 Å². The summed E-state index contributed by atoms with van der Waals surface area (Å²) < 4.78 is 8.07. The second-order valence-electron chi connectivity index (χ2n) is 8.64. The second-order valence-corrected chi connectivity index (χ2v) is 8.64. The Bertz CT molecular complexity index is 937. The molecular formula is C21H27N5O. The third-order valence-electron chi connectivity index (χ3n) is 5.50. The molecule has 4 rings (SSSR count). The first-order chi connectivity index (χ1) is 12.8. The zero-order valence-corrected chi connectivity index (χ0v) is 16.7. The molecule has 6 nitrogen and oxygen atoms in total. The zero-order valence-electron chi connectivity index (χ0n) is 16.7. The summed E-state index contributed by atoms with van der Waals surface area (Å²) >= 11 is 0. The zero-order chi connectivity index (χ0) is 19.2. The first-order valence-corrected chi connectivity index (χ1v) is 9.56. The maximum atomic E-state index is 5.99. The number of fused-ring (bicyclic) bond motifs is 1. The summed E-state index contributed by atoms with van der Waals surface area (Å²) in [6.45, 7) is 10.7. The number of nitrogens with one attached hydrogen (secondary N) is 1. The van der Waals surface area contributed by atoms with E-state index < -0.39 is 0 Å². The molecule has 0 amide bonds. The average molecular weight is 365 g/mol. The molecule has 0 aliphatic carbocycles. The van der Waals surface area contributed by atoms with Crippen LogP contribution in [0.1, 0.15) is 65.0 Å². The van der Waals surface area contributed by atoms with Gasteiger partial charge in [0.2, 0.25) is 5.89 Å². The minimum absolute atomic E-state index is 0.0772. The molecule has 2 atom stereocenters. The molecule has 27 heavy (non-hydrogen) atoms. The molecule has 0 radical (unpaired) electrons. The number of nitrogens with zero attached hydrogens (tertiary/aromatic N) is 4. The lowest BCUT2D eigenvalue weighted by molar-refractivity contribution is 0.227. The SMILES string of the molecule is CCC1(C)CC(c2ccccc2)Nc2c(-c3nnc(C(C)(C)C)o3)cnn21. The Hall–Kier alpha value is -2.63. The van der Waals surface area contributed by atoms with Gasteiger partial charge in [0.15, 0.2) is 0 Å². The van der Waals surface area contributed by atoms with Gasteiger partial charge >= 0.3 is 0 Å². The van der Waals surface area contributed by atoms with Crippen molar-refractivity contribution in [1.29, 1.82) is 0 Å². The van der Waals surface area contributed by atoms with Gasteiger partial charge in [-0.1, -0.05) is 58.0 Å². The summed E-state index contributed by atoms with van der Waals surface area (Å²) in [5.74, 6) is 2.09. The summed E-state index contributed by atoms with van der Waals surface area (Å²) in [6, 6.07) is 10.8. The highest BCUT2D eigenvalue weighted by Gasteiger charge is 2.38. The molecule has 0 saturated carbocycles.